The van der Waals surface area contributed by atoms with E-state index in [-0.39, 0.29) is 18.2 Å². The third kappa shape index (κ3) is 5.10. The number of rotatable bonds is 6. The maximum absolute atomic E-state index is 12.4. The Labute approximate surface area is 146 Å². The fourth-order valence-corrected chi connectivity index (χ4v) is 2.41. The zero-order valence-electron chi connectivity index (χ0n) is 13.7. The molecule has 0 aliphatic rings. The Morgan fingerprint density at radius 2 is 1.67 bits per heavy atom. The van der Waals surface area contributed by atoms with Gasteiger partial charge in [-0.2, -0.15) is 0 Å². The quantitative estimate of drug-likeness (QED) is 0.802. The highest BCUT2D eigenvalue weighted by molar-refractivity contribution is 6.31. The van der Waals surface area contributed by atoms with Crippen LogP contribution >= 0.6 is 11.6 Å². The molecule has 0 aromatic heterocycles. The van der Waals surface area contributed by atoms with Crippen molar-refractivity contribution in [3.05, 3.63) is 65.2 Å². The molecule has 0 fully saturated rings. The summed E-state index contributed by atoms with van der Waals surface area (Å²) in [6, 6.07) is 16.1. The average Bonchev–Trinajstić information content (AvgIpc) is 2.55. The second kappa shape index (κ2) is 8.50. The Morgan fingerprint density at radius 3 is 2.29 bits per heavy atom. The van der Waals surface area contributed by atoms with Gasteiger partial charge in [0.05, 0.1) is 6.42 Å². The third-order valence-corrected chi connectivity index (χ3v) is 3.83. The number of halogens is 1. The predicted octanol–water partition coefficient (Wildman–Crippen LogP) is 4.09. The van der Waals surface area contributed by atoms with Crippen molar-refractivity contribution < 1.29 is 14.3 Å². The largest absolute Gasteiger partial charge is 0.452 e. The number of hydrogen-bond acceptors (Lipinski definition) is 3. The van der Waals surface area contributed by atoms with Crippen LogP contribution < -0.4 is 5.32 Å². The number of amides is 1. The molecule has 0 saturated carbocycles. The van der Waals surface area contributed by atoms with Gasteiger partial charge in [0.2, 0.25) is 0 Å². The summed E-state index contributed by atoms with van der Waals surface area (Å²) in [5, 5.41) is 3.27. The van der Waals surface area contributed by atoms with Crippen LogP contribution in [0.5, 0.6) is 0 Å². The summed E-state index contributed by atoms with van der Waals surface area (Å²) in [6.45, 7) is 3.66. The lowest BCUT2D eigenvalue weighted by molar-refractivity contribution is -0.156. The maximum Gasteiger partial charge on any atom is 0.311 e. The van der Waals surface area contributed by atoms with Crippen molar-refractivity contribution in [3.8, 4) is 0 Å². The fraction of sp³-hybridized carbons (Fsp3) is 0.263. The summed E-state index contributed by atoms with van der Waals surface area (Å²) in [5.74, 6) is -0.974. The van der Waals surface area contributed by atoms with E-state index in [4.69, 9.17) is 16.3 Å². The Balaban J connectivity index is 2.01. The summed E-state index contributed by atoms with van der Waals surface area (Å²) in [5.41, 5.74) is 1.34. The van der Waals surface area contributed by atoms with Crippen molar-refractivity contribution in [2.75, 3.05) is 5.32 Å². The Bertz CT molecular complexity index is 701. The lowest BCUT2D eigenvalue weighted by Gasteiger charge is -2.21. The normalized spacial score (nSPS) is 11.8. The Hall–Kier alpha value is -2.33. The molecule has 4 nitrogen and oxygen atoms in total. The molecule has 126 valence electrons. The van der Waals surface area contributed by atoms with Gasteiger partial charge in [0.15, 0.2) is 6.10 Å². The molecular formula is C19H20ClNO3. The van der Waals surface area contributed by atoms with Gasteiger partial charge in [-0.3, -0.25) is 9.59 Å². The Morgan fingerprint density at radius 1 is 1.04 bits per heavy atom. The van der Waals surface area contributed by atoms with Crippen molar-refractivity contribution in [2.24, 2.45) is 5.92 Å². The van der Waals surface area contributed by atoms with Crippen molar-refractivity contribution in [2.45, 2.75) is 26.4 Å². The van der Waals surface area contributed by atoms with Crippen molar-refractivity contribution in [3.63, 3.8) is 0 Å². The van der Waals surface area contributed by atoms with Crippen LogP contribution in [0.3, 0.4) is 0 Å². The smallest absolute Gasteiger partial charge is 0.311 e. The molecule has 2 aromatic carbocycles. The summed E-state index contributed by atoms with van der Waals surface area (Å²) >= 11 is 6.05. The molecular weight excluding hydrogens is 326 g/mol. The molecule has 5 heteroatoms. The molecule has 2 aromatic rings. The lowest BCUT2D eigenvalue weighted by Crippen LogP contribution is -2.37. The van der Waals surface area contributed by atoms with E-state index >= 15 is 0 Å². The van der Waals surface area contributed by atoms with E-state index in [1.165, 1.54) is 0 Å². The minimum absolute atomic E-state index is 0.0293. The zero-order valence-corrected chi connectivity index (χ0v) is 14.4. The number of carbonyl (C=O) groups is 2. The molecule has 1 unspecified atom stereocenters. The van der Waals surface area contributed by atoms with E-state index in [0.29, 0.717) is 16.3 Å². The van der Waals surface area contributed by atoms with Crippen molar-refractivity contribution >= 4 is 29.2 Å². The number of ether oxygens (including phenoxy) is 1. The fourth-order valence-electron chi connectivity index (χ4n) is 2.21. The zero-order chi connectivity index (χ0) is 17.5. The first-order valence-corrected chi connectivity index (χ1v) is 8.14. The van der Waals surface area contributed by atoms with Crippen LogP contribution in [0.4, 0.5) is 5.69 Å². The number of nitrogens with one attached hydrogen (secondary N) is 1. The summed E-state index contributed by atoms with van der Waals surface area (Å²) in [6.07, 6.45) is -0.832. The molecule has 0 aliphatic carbocycles. The molecule has 1 amide bonds. The molecule has 0 spiro atoms. The van der Waals surface area contributed by atoms with Gasteiger partial charge in [0, 0.05) is 10.7 Å². The number of para-hydroxylation sites is 1. The molecule has 0 saturated heterocycles. The predicted molar refractivity (Wildman–Crippen MR) is 94.9 cm³/mol. The van der Waals surface area contributed by atoms with Gasteiger partial charge in [-0.1, -0.05) is 61.8 Å². The molecule has 24 heavy (non-hydrogen) atoms. The van der Waals surface area contributed by atoms with Gasteiger partial charge in [0.1, 0.15) is 0 Å². The lowest BCUT2D eigenvalue weighted by atomic mass is 10.1. The van der Waals surface area contributed by atoms with E-state index < -0.39 is 12.1 Å². The van der Waals surface area contributed by atoms with Crippen LogP contribution in [0.2, 0.25) is 5.02 Å². The standard InChI is InChI=1S/C19H20ClNO3/c1-13(2)18(19(23)21-15-9-4-3-5-10-15)24-17(22)12-14-8-6-7-11-16(14)20/h3-11,13,18H,12H2,1-2H3,(H,21,23). The summed E-state index contributed by atoms with van der Waals surface area (Å²) in [4.78, 5) is 24.6. The van der Waals surface area contributed by atoms with Gasteiger partial charge in [-0.05, 0) is 29.7 Å². The van der Waals surface area contributed by atoms with Crippen LogP contribution in [-0.4, -0.2) is 18.0 Å². The molecule has 0 aliphatic heterocycles. The average molecular weight is 346 g/mol. The highest BCUT2D eigenvalue weighted by atomic mass is 35.5. The first kappa shape index (κ1) is 18.0. The first-order valence-electron chi connectivity index (χ1n) is 7.76. The van der Waals surface area contributed by atoms with Gasteiger partial charge >= 0.3 is 5.97 Å². The van der Waals surface area contributed by atoms with E-state index in [0.717, 1.165) is 0 Å². The van der Waals surface area contributed by atoms with Gasteiger partial charge in [-0.15, -0.1) is 0 Å². The molecule has 0 radical (unpaired) electrons. The number of anilines is 1. The van der Waals surface area contributed by atoms with Crippen molar-refractivity contribution in [1.29, 1.82) is 0 Å². The Kier molecular flexibility index (Phi) is 6.38. The molecule has 1 atom stereocenters. The SMILES string of the molecule is CC(C)C(OC(=O)Cc1ccccc1Cl)C(=O)Nc1ccccc1. The number of esters is 1. The first-order chi connectivity index (χ1) is 11.5. The maximum atomic E-state index is 12.4. The topological polar surface area (TPSA) is 55.4 Å². The molecule has 0 heterocycles. The van der Waals surface area contributed by atoms with Gasteiger partial charge in [-0.25, -0.2) is 0 Å². The summed E-state index contributed by atoms with van der Waals surface area (Å²) < 4.78 is 5.40. The van der Waals surface area contributed by atoms with E-state index in [2.05, 4.69) is 5.32 Å². The number of carbonyl (C=O) groups excluding carboxylic acids is 2. The summed E-state index contributed by atoms with van der Waals surface area (Å²) in [7, 11) is 0. The van der Waals surface area contributed by atoms with E-state index in [1.54, 1.807) is 36.4 Å². The van der Waals surface area contributed by atoms with Crippen LogP contribution in [0.25, 0.3) is 0 Å². The van der Waals surface area contributed by atoms with Crippen LogP contribution in [0.1, 0.15) is 19.4 Å². The second-order valence-electron chi connectivity index (χ2n) is 5.78. The minimum atomic E-state index is -0.861. The van der Waals surface area contributed by atoms with Gasteiger partial charge in [0.25, 0.3) is 5.91 Å². The number of hydrogen-bond donors (Lipinski definition) is 1. The monoisotopic (exact) mass is 345 g/mol. The molecule has 0 bridgehead atoms. The van der Waals surface area contributed by atoms with Crippen LogP contribution in [-0.2, 0) is 20.7 Å². The third-order valence-electron chi connectivity index (χ3n) is 3.46. The number of benzene rings is 2. The van der Waals surface area contributed by atoms with Crippen LogP contribution in [0, 0.1) is 5.92 Å². The minimum Gasteiger partial charge on any atom is -0.452 e. The molecule has 2 rings (SSSR count). The highest BCUT2D eigenvalue weighted by Crippen LogP contribution is 2.18. The molecule has 1 N–H and O–H groups in total. The van der Waals surface area contributed by atoms with Crippen molar-refractivity contribution in [1.82, 2.24) is 0 Å². The van der Waals surface area contributed by atoms with Gasteiger partial charge < -0.3 is 10.1 Å². The second-order valence-corrected chi connectivity index (χ2v) is 6.19. The highest BCUT2D eigenvalue weighted by Gasteiger charge is 2.26. The van der Waals surface area contributed by atoms with E-state index in [1.807, 2.05) is 32.0 Å². The van der Waals surface area contributed by atoms with E-state index in [9.17, 15) is 9.59 Å². The van der Waals surface area contributed by atoms with Crippen LogP contribution in [0.15, 0.2) is 54.6 Å².